The molecule has 1 amide bonds. The summed E-state index contributed by atoms with van der Waals surface area (Å²) in [4.78, 5) is 11.8. The SMILES string of the molecule is CCCC(O)CNC(=O)c1c(Cl)cccc1Cl. The molecule has 3 nitrogen and oxygen atoms in total. The molecule has 0 bridgehead atoms. The number of halogens is 2. The van der Waals surface area contributed by atoms with Gasteiger partial charge in [0.05, 0.1) is 21.7 Å². The molecule has 1 unspecified atom stereocenters. The zero-order valence-corrected chi connectivity index (χ0v) is 11.1. The minimum Gasteiger partial charge on any atom is -0.391 e. The molecule has 94 valence electrons. The van der Waals surface area contributed by atoms with Crippen LogP contribution in [-0.4, -0.2) is 23.7 Å². The van der Waals surface area contributed by atoms with E-state index in [0.717, 1.165) is 6.42 Å². The number of nitrogens with one attached hydrogen (secondary N) is 1. The van der Waals surface area contributed by atoms with Crippen LogP contribution in [0.5, 0.6) is 0 Å². The first kappa shape index (κ1) is 14.3. The zero-order chi connectivity index (χ0) is 12.8. The van der Waals surface area contributed by atoms with Gasteiger partial charge in [0.15, 0.2) is 0 Å². The average Bonchev–Trinajstić information content (AvgIpc) is 2.26. The van der Waals surface area contributed by atoms with Crippen molar-refractivity contribution in [3.05, 3.63) is 33.8 Å². The maximum absolute atomic E-state index is 11.8. The maximum atomic E-state index is 11.8. The Labute approximate surface area is 111 Å². The fraction of sp³-hybridized carbons (Fsp3) is 0.417. The third kappa shape index (κ3) is 4.19. The topological polar surface area (TPSA) is 49.3 Å². The standard InChI is InChI=1S/C12H15Cl2NO2/c1-2-4-8(16)7-15-12(17)11-9(13)5-3-6-10(11)14/h3,5-6,8,16H,2,4,7H2,1H3,(H,15,17). The maximum Gasteiger partial charge on any atom is 0.254 e. The van der Waals surface area contributed by atoms with Crippen molar-refractivity contribution in [2.24, 2.45) is 0 Å². The largest absolute Gasteiger partial charge is 0.391 e. The van der Waals surface area contributed by atoms with Gasteiger partial charge in [0.25, 0.3) is 5.91 Å². The molecule has 1 rings (SSSR count). The number of benzene rings is 1. The van der Waals surface area contributed by atoms with Crippen molar-refractivity contribution in [1.29, 1.82) is 0 Å². The molecule has 0 aromatic heterocycles. The number of hydrogen-bond acceptors (Lipinski definition) is 2. The summed E-state index contributed by atoms with van der Waals surface area (Å²) in [6.45, 7) is 2.17. The van der Waals surface area contributed by atoms with E-state index in [1.165, 1.54) is 0 Å². The molecule has 1 atom stereocenters. The van der Waals surface area contributed by atoms with E-state index < -0.39 is 6.10 Å². The molecule has 0 aliphatic rings. The number of amides is 1. The van der Waals surface area contributed by atoms with Gasteiger partial charge in [-0.15, -0.1) is 0 Å². The Kier molecular flexibility index (Phi) is 5.75. The normalized spacial score (nSPS) is 12.2. The first-order valence-corrected chi connectivity index (χ1v) is 6.22. The van der Waals surface area contributed by atoms with Crippen LogP contribution >= 0.6 is 23.2 Å². The molecule has 0 aliphatic heterocycles. The summed E-state index contributed by atoms with van der Waals surface area (Å²) in [7, 11) is 0. The highest BCUT2D eigenvalue weighted by molar-refractivity contribution is 6.39. The fourth-order valence-electron chi connectivity index (χ4n) is 1.45. The number of aliphatic hydroxyl groups excluding tert-OH is 1. The smallest absolute Gasteiger partial charge is 0.254 e. The van der Waals surface area contributed by atoms with Gasteiger partial charge < -0.3 is 10.4 Å². The van der Waals surface area contributed by atoms with Crippen LogP contribution in [0.2, 0.25) is 10.0 Å². The number of carbonyl (C=O) groups excluding carboxylic acids is 1. The molecule has 0 spiro atoms. The van der Waals surface area contributed by atoms with Crippen molar-refractivity contribution in [1.82, 2.24) is 5.32 Å². The highest BCUT2D eigenvalue weighted by Crippen LogP contribution is 2.23. The Morgan fingerprint density at radius 3 is 2.53 bits per heavy atom. The van der Waals surface area contributed by atoms with E-state index in [9.17, 15) is 9.90 Å². The minimum atomic E-state index is -0.537. The van der Waals surface area contributed by atoms with E-state index in [0.29, 0.717) is 16.5 Å². The van der Waals surface area contributed by atoms with Crippen molar-refractivity contribution < 1.29 is 9.90 Å². The summed E-state index contributed by atoms with van der Waals surface area (Å²) in [5.74, 6) is -0.365. The second kappa shape index (κ2) is 6.84. The highest BCUT2D eigenvalue weighted by Gasteiger charge is 2.15. The molecule has 0 saturated carbocycles. The lowest BCUT2D eigenvalue weighted by Gasteiger charge is -2.12. The lowest BCUT2D eigenvalue weighted by Crippen LogP contribution is -2.32. The molecule has 0 aliphatic carbocycles. The molecule has 0 fully saturated rings. The second-order valence-corrected chi connectivity index (χ2v) is 4.56. The van der Waals surface area contributed by atoms with Gasteiger partial charge in [-0.1, -0.05) is 42.6 Å². The quantitative estimate of drug-likeness (QED) is 0.868. The van der Waals surface area contributed by atoms with E-state index in [-0.39, 0.29) is 18.0 Å². The van der Waals surface area contributed by atoms with Crippen molar-refractivity contribution in [2.75, 3.05) is 6.54 Å². The van der Waals surface area contributed by atoms with Crippen molar-refractivity contribution in [3.8, 4) is 0 Å². The Morgan fingerprint density at radius 1 is 1.41 bits per heavy atom. The first-order valence-electron chi connectivity index (χ1n) is 5.46. The second-order valence-electron chi connectivity index (χ2n) is 3.75. The summed E-state index contributed by atoms with van der Waals surface area (Å²) in [6.07, 6.45) is 0.977. The Morgan fingerprint density at radius 2 is 2.00 bits per heavy atom. The van der Waals surface area contributed by atoms with Gasteiger partial charge in [-0.3, -0.25) is 4.79 Å². The van der Waals surface area contributed by atoms with Gasteiger partial charge in [0.1, 0.15) is 0 Å². The Hall–Kier alpha value is -0.770. The number of rotatable bonds is 5. The third-order valence-corrected chi connectivity index (χ3v) is 2.94. The van der Waals surface area contributed by atoms with Crippen LogP contribution in [0.4, 0.5) is 0 Å². The lowest BCUT2D eigenvalue weighted by atomic mass is 10.2. The average molecular weight is 276 g/mol. The summed E-state index contributed by atoms with van der Waals surface area (Å²) in [5, 5.41) is 12.7. The Balaban J connectivity index is 2.64. The fourth-order valence-corrected chi connectivity index (χ4v) is 2.02. The molecular formula is C12H15Cl2NO2. The van der Waals surface area contributed by atoms with E-state index in [1.807, 2.05) is 6.92 Å². The predicted molar refractivity (Wildman–Crippen MR) is 69.7 cm³/mol. The third-order valence-electron chi connectivity index (χ3n) is 2.31. The van der Waals surface area contributed by atoms with E-state index in [4.69, 9.17) is 23.2 Å². The molecular weight excluding hydrogens is 261 g/mol. The molecule has 0 saturated heterocycles. The molecule has 1 aromatic carbocycles. The molecule has 17 heavy (non-hydrogen) atoms. The van der Waals surface area contributed by atoms with Crippen molar-refractivity contribution in [3.63, 3.8) is 0 Å². The van der Waals surface area contributed by atoms with Gasteiger partial charge in [-0.05, 0) is 18.6 Å². The molecule has 2 N–H and O–H groups in total. The number of aliphatic hydroxyl groups is 1. The molecule has 0 radical (unpaired) electrons. The van der Waals surface area contributed by atoms with Gasteiger partial charge in [0, 0.05) is 6.54 Å². The van der Waals surface area contributed by atoms with Gasteiger partial charge >= 0.3 is 0 Å². The van der Waals surface area contributed by atoms with Crippen LogP contribution < -0.4 is 5.32 Å². The van der Waals surface area contributed by atoms with Crippen LogP contribution in [0, 0.1) is 0 Å². The monoisotopic (exact) mass is 275 g/mol. The van der Waals surface area contributed by atoms with Crippen molar-refractivity contribution in [2.45, 2.75) is 25.9 Å². The lowest BCUT2D eigenvalue weighted by molar-refractivity contribution is 0.0910. The van der Waals surface area contributed by atoms with Gasteiger partial charge in [0.2, 0.25) is 0 Å². The summed E-state index contributed by atoms with van der Waals surface area (Å²) < 4.78 is 0. The summed E-state index contributed by atoms with van der Waals surface area (Å²) in [6, 6.07) is 4.88. The van der Waals surface area contributed by atoms with Crippen molar-refractivity contribution >= 4 is 29.1 Å². The summed E-state index contributed by atoms with van der Waals surface area (Å²) in [5.41, 5.74) is 0.250. The molecule has 0 heterocycles. The predicted octanol–water partition coefficient (Wildman–Crippen LogP) is 2.88. The minimum absolute atomic E-state index is 0.203. The van der Waals surface area contributed by atoms with E-state index >= 15 is 0 Å². The van der Waals surface area contributed by atoms with Crippen LogP contribution in [-0.2, 0) is 0 Å². The number of carbonyl (C=O) groups is 1. The van der Waals surface area contributed by atoms with Crippen LogP contribution in [0.15, 0.2) is 18.2 Å². The zero-order valence-electron chi connectivity index (χ0n) is 9.54. The first-order chi connectivity index (χ1) is 8.06. The highest BCUT2D eigenvalue weighted by atomic mass is 35.5. The number of hydrogen-bond donors (Lipinski definition) is 2. The summed E-state index contributed by atoms with van der Waals surface area (Å²) >= 11 is 11.8. The molecule has 5 heteroatoms. The van der Waals surface area contributed by atoms with Gasteiger partial charge in [-0.2, -0.15) is 0 Å². The molecule has 1 aromatic rings. The van der Waals surface area contributed by atoms with Crippen LogP contribution in [0.25, 0.3) is 0 Å². The van der Waals surface area contributed by atoms with Gasteiger partial charge in [-0.25, -0.2) is 0 Å². The van der Waals surface area contributed by atoms with Crippen LogP contribution in [0.1, 0.15) is 30.1 Å². The van der Waals surface area contributed by atoms with Crippen LogP contribution in [0.3, 0.4) is 0 Å². The van der Waals surface area contributed by atoms with E-state index in [1.54, 1.807) is 18.2 Å². The van der Waals surface area contributed by atoms with E-state index in [2.05, 4.69) is 5.32 Å². The Bertz CT molecular complexity index is 376.